The van der Waals surface area contributed by atoms with Gasteiger partial charge in [0.1, 0.15) is 0 Å². The second-order valence-electron chi connectivity index (χ2n) is 6.26. The molecule has 2 heteroatoms. The third kappa shape index (κ3) is 5.38. The Labute approximate surface area is 117 Å². The Morgan fingerprint density at radius 1 is 1.16 bits per heavy atom. The summed E-state index contributed by atoms with van der Waals surface area (Å²) >= 11 is 0. The minimum Gasteiger partial charge on any atom is -0.466 e. The van der Waals surface area contributed by atoms with Crippen molar-refractivity contribution in [2.45, 2.75) is 64.7 Å². The molecule has 1 aliphatic heterocycles. The first-order chi connectivity index (χ1) is 9.27. The predicted molar refractivity (Wildman–Crippen MR) is 77.8 cm³/mol. The molecular formula is C17H28O2. The highest BCUT2D eigenvalue weighted by molar-refractivity contribution is 5.69. The van der Waals surface area contributed by atoms with E-state index in [0.29, 0.717) is 13.0 Å². The molecule has 0 radical (unpaired) electrons. The number of carbonyl (C=O) groups is 1. The summed E-state index contributed by atoms with van der Waals surface area (Å²) < 4.78 is 5.28. The van der Waals surface area contributed by atoms with Crippen LogP contribution in [0.25, 0.3) is 0 Å². The van der Waals surface area contributed by atoms with Gasteiger partial charge in [0.2, 0.25) is 0 Å². The van der Waals surface area contributed by atoms with E-state index in [0.717, 1.165) is 37.0 Å². The Bertz CT molecular complexity index is 308. The molecule has 19 heavy (non-hydrogen) atoms. The molecule has 0 N–H and O–H groups in total. The van der Waals surface area contributed by atoms with Gasteiger partial charge in [-0.2, -0.15) is 0 Å². The predicted octanol–water partition coefficient (Wildman–Crippen LogP) is 4.49. The first kappa shape index (κ1) is 14.6. The molecule has 1 fully saturated rings. The molecule has 0 saturated heterocycles. The summed E-state index contributed by atoms with van der Waals surface area (Å²) in [6.45, 7) is 2.98. The molecule has 0 bridgehead atoms. The third-order valence-electron chi connectivity index (χ3n) is 4.58. The Kier molecular flexibility index (Phi) is 5.93. The zero-order valence-corrected chi connectivity index (χ0v) is 12.3. The van der Waals surface area contributed by atoms with Gasteiger partial charge in [0.15, 0.2) is 0 Å². The van der Waals surface area contributed by atoms with Gasteiger partial charge in [-0.05, 0) is 56.3 Å². The fraction of sp³-hybridized carbons (Fsp3) is 0.824. The minimum absolute atomic E-state index is 0.00713. The fourth-order valence-corrected chi connectivity index (χ4v) is 3.19. The SMILES string of the molecule is CC1C=CCCCCCCC(=O)OCCCC2CC12. The molecule has 0 amide bonds. The van der Waals surface area contributed by atoms with E-state index in [4.69, 9.17) is 4.74 Å². The molecule has 0 spiro atoms. The Morgan fingerprint density at radius 2 is 2.00 bits per heavy atom. The van der Waals surface area contributed by atoms with E-state index < -0.39 is 0 Å². The average molecular weight is 264 g/mol. The molecule has 2 aliphatic rings. The first-order valence-corrected chi connectivity index (χ1v) is 8.09. The number of rotatable bonds is 0. The number of cyclic esters (lactones) is 1. The van der Waals surface area contributed by atoms with Crippen LogP contribution in [0.4, 0.5) is 0 Å². The van der Waals surface area contributed by atoms with Crippen molar-refractivity contribution < 1.29 is 9.53 Å². The molecule has 0 aromatic heterocycles. The van der Waals surface area contributed by atoms with Gasteiger partial charge in [-0.3, -0.25) is 4.79 Å². The number of allylic oxidation sites excluding steroid dienone is 2. The van der Waals surface area contributed by atoms with Crippen molar-refractivity contribution in [3.63, 3.8) is 0 Å². The minimum atomic E-state index is 0.00713. The zero-order valence-electron chi connectivity index (χ0n) is 12.3. The summed E-state index contributed by atoms with van der Waals surface area (Å²) in [6.07, 6.45) is 14.9. The molecule has 0 aromatic rings. The Morgan fingerprint density at radius 3 is 2.89 bits per heavy atom. The van der Waals surface area contributed by atoms with Crippen LogP contribution in [0.3, 0.4) is 0 Å². The van der Waals surface area contributed by atoms with Crippen molar-refractivity contribution in [1.29, 1.82) is 0 Å². The molecule has 2 nitrogen and oxygen atoms in total. The number of esters is 1. The number of fused-ring (bicyclic) bond motifs is 1. The van der Waals surface area contributed by atoms with Crippen LogP contribution in [0.5, 0.6) is 0 Å². The normalized spacial score (nSPS) is 34.4. The van der Waals surface area contributed by atoms with E-state index >= 15 is 0 Å². The fourth-order valence-electron chi connectivity index (χ4n) is 3.19. The maximum absolute atomic E-state index is 11.5. The lowest BCUT2D eigenvalue weighted by atomic mass is 10.0. The maximum atomic E-state index is 11.5. The number of hydrogen-bond donors (Lipinski definition) is 0. The summed E-state index contributed by atoms with van der Waals surface area (Å²) in [5.74, 6) is 2.51. The molecule has 1 aliphatic carbocycles. The number of carbonyl (C=O) groups excluding carboxylic acids is 1. The van der Waals surface area contributed by atoms with Gasteiger partial charge in [-0.1, -0.05) is 31.9 Å². The van der Waals surface area contributed by atoms with E-state index in [2.05, 4.69) is 19.1 Å². The topological polar surface area (TPSA) is 26.3 Å². The van der Waals surface area contributed by atoms with Crippen LogP contribution in [-0.2, 0) is 9.53 Å². The molecule has 2 rings (SSSR count). The smallest absolute Gasteiger partial charge is 0.305 e. The largest absolute Gasteiger partial charge is 0.466 e. The summed E-state index contributed by atoms with van der Waals surface area (Å²) in [4.78, 5) is 11.5. The van der Waals surface area contributed by atoms with Crippen molar-refractivity contribution in [2.75, 3.05) is 6.61 Å². The van der Waals surface area contributed by atoms with Crippen molar-refractivity contribution in [3.05, 3.63) is 12.2 Å². The molecule has 3 atom stereocenters. The van der Waals surface area contributed by atoms with E-state index in [1.54, 1.807) is 0 Å². The lowest BCUT2D eigenvalue weighted by Gasteiger charge is -2.08. The van der Waals surface area contributed by atoms with E-state index in [-0.39, 0.29) is 5.97 Å². The number of ether oxygens (including phenoxy) is 1. The van der Waals surface area contributed by atoms with Crippen molar-refractivity contribution in [3.8, 4) is 0 Å². The van der Waals surface area contributed by atoms with Gasteiger partial charge >= 0.3 is 5.97 Å². The molecule has 108 valence electrons. The van der Waals surface area contributed by atoms with Crippen molar-refractivity contribution in [1.82, 2.24) is 0 Å². The van der Waals surface area contributed by atoms with E-state index in [1.165, 1.54) is 32.1 Å². The van der Waals surface area contributed by atoms with E-state index in [1.807, 2.05) is 0 Å². The first-order valence-electron chi connectivity index (χ1n) is 8.09. The zero-order chi connectivity index (χ0) is 13.5. The lowest BCUT2D eigenvalue weighted by molar-refractivity contribution is -0.143. The number of hydrogen-bond acceptors (Lipinski definition) is 2. The molecule has 0 aromatic carbocycles. The lowest BCUT2D eigenvalue weighted by Crippen LogP contribution is -2.06. The molecule has 1 heterocycles. The van der Waals surface area contributed by atoms with Gasteiger partial charge in [0, 0.05) is 6.42 Å². The molecule has 3 unspecified atom stereocenters. The second kappa shape index (κ2) is 7.72. The van der Waals surface area contributed by atoms with Crippen molar-refractivity contribution >= 4 is 5.97 Å². The van der Waals surface area contributed by atoms with Gasteiger partial charge in [0.25, 0.3) is 0 Å². The quantitative estimate of drug-likeness (QED) is 0.476. The monoisotopic (exact) mass is 264 g/mol. The molecule has 1 saturated carbocycles. The summed E-state index contributed by atoms with van der Waals surface area (Å²) in [6, 6.07) is 0. The van der Waals surface area contributed by atoms with Crippen LogP contribution in [0.15, 0.2) is 12.2 Å². The van der Waals surface area contributed by atoms with Crippen LogP contribution in [0.2, 0.25) is 0 Å². The highest BCUT2D eigenvalue weighted by Crippen LogP contribution is 2.47. The Balaban J connectivity index is 1.76. The maximum Gasteiger partial charge on any atom is 0.305 e. The highest BCUT2D eigenvalue weighted by Gasteiger charge is 2.39. The van der Waals surface area contributed by atoms with Crippen LogP contribution < -0.4 is 0 Å². The summed E-state index contributed by atoms with van der Waals surface area (Å²) in [7, 11) is 0. The van der Waals surface area contributed by atoms with Gasteiger partial charge in [-0.15, -0.1) is 0 Å². The van der Waals surface area contributed by atoms with E-state index in [9.17, 15) is 4.79 Å². The van der Waals surface area contributed by atoms with Gasteiger partial charge < -0.3 is 4.74 Å². The third-order valence-corrected chi connectivity index (χ3v) is 4.58. The van der Waals surface area contributed by atoms with Crippen LogP contribution >= 0.6 is 0 Å². The average Bonchev–Trinajstić information content (AvgIpc) is 3.16. The highest BCUT2D eigenvalue weighted by atomic mass is 16.5. The molecular weight excluding hydrogens is 236 g/mol. The van der Waals surface area contributed by atoms with Gasteiger partial charge in [-0.25, -0.2) is 0 Å². The van der Waals surface area contributed by atoms with Crippen LogP contribution in [-0.4, -0.2) is 12.6 Å². The van der Waals surface area contributed by atoms with Crippen LogP contribution in [0, 0.1) is 17.8 Å². The Hall–Kier alpha value is -0.790. The second-order valence-corrected chi connectivity index (χ2v) is 6.26. The summed E-state index contributed by atoms with van der Waals surface area (Å²) in [5.41, 5.74) is 0. The summed E-state index contributed by atoms with van der Waals surface area (Å²) in [5, 5.41) is 0. The van der Waals surface area contributed by atoms with Crippen LogP contribution in [0.1, 0.15) is 64.7 Å². The standard InChI is InChI=1S/C17H28O2/c1-14-9-6-4-2-3-5-7-11-17(18)19-12-8-10-15-13-16(14)15/h6,9,14-16H,2-5,7-8,10-13H2,1H3. The van der Waals surface area contributed by atoms with Crippen molar-refractivity contribution in [2.24, 2.45) is 17.8 Å². The van der Waals surface area contributed by atoms with Gasteiger partial charge in [0.05, 0.1) is 6.61 Å².